The van der Waals surface area contributed by atoms with Gasteiger partial charge in [-0.15, -0.1) is 0 Å². The van der Waals surface area contributed by atoms with Crippen molar-refractivity contribution < 1.29 is 14.6 Å². The Morgan fingerprint density at radius 2 is 2.10 bits per heavy atom. The van der Waals surface area contributed by atoms with E-state index in [4.69, 9.17) is 9.47 Å². The summed E-state index contributed by atoms with van der Waals surface area (Å²) in [6, 6.07) is 5.96. The molecule has 0 aliphatic carbocycles. The van der Waals surface area contributed by atoms with Gasteiger partial charge in [0, 0.05) is 30.5 Å². The molecule has 3 rings (SSSR count). The molecule has 2 aliphatic heterocycles. The lowest BCUT2D eigenvalue weighted by Crippen LogP contribution is -2.43. The molecule has 1 aromatic rings. The second-order valence-electron chi connectivity index (χ2n) is 5.32. The molecule has 2 unspecified atom stereocenters. The molecule has 4 nitrogen and oxygen atoms in total. The first kappa shape index (κ1) is 14.0. The highest BCUT2D eigenvalue weighted by atomic mass is 32.2. The van der Waals surface area contributed by atoms with Crippen molar-refractivity contribution >= 4 is 11.8 Å². The molecule has 2 atom stereocenters. The number of aliphatic hydroxyl groups excluding tert-OH is 1. The van der Waals surface area contributed by atoms with Crippen molar-refractivity contribution in [3.8, 4) is 11.5 Å². The van der Waals surface area contributed by atoms with E-state index in [0.29, 0.717) is 13.2 Å². The highest BCUT2D eigenvalue weighted by Crippen LogP contribution is 2.34. The summed E-state index contributed by atoms with van der Waals surface area (Å²) in [5.74, 6) is 3.64. The van der Waals surface area contributed by atoms with Crippen molar-refractivity contribution in [2.24, 2.45) is 0 Å². The van der Waals surface area contributed by atoms with Crippen molar-refractivity contribution in [3.05, 3.63) is 23.8 Å². The van der Waals surface area contributed by atoms with Gasteiger partial charge in [0.15, 0.2) is 11.5 Å². The molecule has 1 saturated heterocycles. The molecular weight excluding hydrogens is 274 g/mol. The number of rotatable bonds is 2. The fourth-order valence-electron chi connectivity index (χ4n) is 2.62. The third-order valence-corrected chi connectivity index (χ3v) is 4.97. The monoisotopic (exact) mass is 295 g/mol. The molecule has 0 aromatic heterocycles. The minimum absolute atomic E-state index is 0.165. The van der Waals surface area contributed by atoms with Crippen LogP contribution in [0.1, 0.15) is 18.1 Å². The van der Waals surface area contributed by atoms with Crippen molar-refractivity contribution in [3.63, 3.8) is 0 Å². The number of fused-ring (bicyclic) bond motifs is 1. The molecular formula is C15H21NO3S. The van der Waals surface area contributed by atoms with Crippen LogP contribution in [0.4, 0.5) is 0 Å². The number of thioether (sulfide) groups is 1. The van der Waals surface area contributed by atoms with Gasteiger partial charge in [-0.25, -0.2) is 0 Å². The summed E-state index contributed by atoms with van der Waals surface area (Å²) in [6.45, 7) is 2.39. The standard InChI is InChI=1S/C15H21NO3S/c1-16-5-8-20-10-12(16)15(17)11-3-4-13-14(9-11)19-7-2-6-18-13/h3-4,9,12,15,17H,2,5-8,10H2,1H3. The van der Waals surface area contributed by atoms with E-state index in [1.165, 1.54) is 0 Å². The van der Waals surface area contributed by atoms with E-state index in [2.05, 4.69) is 11.9 Å². The molecule has 0 amide bonds. The molecule has 0 saturated carbocycles. The highest BCUT2D eigenvalue weighted by Gasteiger charge is 2.28. The maximum atomic E-state index is 10.6. The third kappa shape index (κ3) is 2.90. The van der Waals surface area contributed by atoms with Gasteiger partial charge in [0.1, 0.15) is 0 Å². The fourth-order valence-corrected chi connectivity index (χ4v) is 3.89. The Hall–Kier alpha value is -0.910. The lowest BCUT2D eigenvalue weighted by molar-refractivity contribution is 0.0756. The Morgan fingerprint density at radius 1 is 1.30 bits per heavy atom. The van der Waals surface area contributed by atoms with E-state index < -0.39 is 6.10 Å². The summed E-state index contributed by atoms with van der Waals surface area (Å²) in [5.41, 5.74) is 0.911. The second-order valence-corrected chi connectivity index (χ2v) is 6.47. The number of ether oxygens (including phenoxy) is 2. The van der Waals surface area contributed by atoms with E-state index in [1.54, 1.807) is 0 Å². The Bertz CT molecular complexity index is 468. The van der Waals surface area contributed by atoms with Crippen LogP contribution in [-0.2, 0) is 0 Å². The molecule has 0 bridgehead atoms. The van der Waals surface area contributed by atoms with Gasteiger partial charge in [-0.2, -0.15) is 11.8 Å². The van der Waals surface area contributed by atoms with E-state index in [9.17, 15) is 5.11 Å². The second kappa shape index (κ2) is 6.24. The van der Waals surface area contributed by atoms with Gasteiger partial charge in [-0.1, -0.05) is 6.07 Å². The third-order valence-electron chi connectivity index (χ3n) is 3.92. The first-order chi connectivity index (χ1) is 9.75. The quantitative estimate of drug-likeness (QED) is 0.903. The summed E-state index contributed by atoms with van der Waals surface area (Å²) >= 11 is 1.90. The number of nitrogens with zero attached hydrogens (tertiary/aromatic N) is 1. The summed E-state index contributed by atoms with van der Waals surface area (Å²) < 4.78 is 11.3. The van der Waals surface area contributed by atoms with Crippen LogP contribution in [0.15, 0.2) is 18.2 Å². The van der Waals surface area contributed by atoms with Crippen LogP contribution in [0.5, 0.6) is 11.5 Å². The molecule has 2 heterocycles. The number of aliphatic hydroxyl groups is 1. The van der Waals surface area contributed by atoms with E-state index in [-0.39, 0.29) is 6.04 Å². The summed E-state index contributed by atoms with van der Waals surface area (Å²) in [6.07, 6.45) is 0.416. The van der Waals surface area contributed by atoms with Crippen LogP contribution in [0.3, 0.4) is 0 Å². The Balaban J connectivity index is 1.80. The smallest absolute Gasteiger partial charge is 0.161 e. The number of hydrogen-bond acceptors (Lipinski definition) is 5. The summed E-state index contributed by atoms with van der Waals surface area (Å²) in [7, 11) is 2.08. The molecule has 1 fully saturated rings. The van der Waals surface area contributed by atoms with Crippen molar-refractivity contribution in [2.75, 3.05) is 38.3 Å². The molecule has 110 valence electrons. The predicted molar refractivity (Wildman–Crippen MR) is 80.8 cm³/mol. The number of likely N-dealkylation sites (N-methyl/N-ethyl adjacent to an activating group) is 1. The normalized spacial score (nSPS) is 25.0. The summed E-state index contributed by atoms with van der Waals surface area (Å²) in [4.78, 5) is 2.24. The maximum Gasteiger partial charge on any atom is 0.161 e. The van der Waals surface area contributed by atoms with Gasteiger partial charge in [-0.3, -0.25) is 4.90 Å². The Kier molecular flexibility index (Phi) is 4.38. The van der Waals surface area contributed by atoms with Crippen LogP contribution in [0, 0.1) is 0 Å². The van der Waals surface area contributed by atoms with Crippen LogP contribution in [0.25, 0.3) is 0 Å². The zero-order valence-electron chi connectivity index (χ0n) is 11.7. The zero-order chi connectivity index (χ0) is 13.9. The van der Waals surface area contributed by atoms with Gasteiger partial charge in [0.05, 0.1) is 19.3 Å². The molecule has 0 spiro atoms. The highest BCUT2D eigenvalue weighted by molar-refractivity contribution is 7.99. The lowest BCUT2D eigenvalue weighted by Gasteiger charge is -2.35. The topological polar surface area (TPSA) is 41.9 Å². The van der Waals surface area contributed by atoms with Gasteiger partial charge < -0.3 is 14.6 Å². The average Bonchev–Trinajstić information content (AvgIpc) is 2.71. The van der Waals surface area contributed by atoms with Crippen molar-refractivity contribution in [1.29, 1.82) is 0 Å². The maximum absolute atomic E-state index is 10.6. The molecule has 2 aliphatic rings. The zero-order valence-corrected chi connectivity index (χ0v) is 12.6. The molecule has 5 heteroatoms. The molecule has 20 heavy (non-hydrogen) atoms. The minimum Gasteiger partial charge on any atom is -0.490 e. The Labute approximate surface area is 124 Å². The SMILES string of the molecule is CN1CCSCC1C(O)c1ccc2c(c1)OCCCO2. The average molecular weight is 295 g/mol. The van der Waals surface area contributed by atoms with E-state index in [1.807, 2.05) is 30.0 Å². The van der Waals surface area contributed by atoms with Crippen LogP contribution in [0.2, 0.25) is 0 Å². The largest absolute Gasteiger partial charge is 0.490 e. The van der Waals surface area contributed by atoms with Crippen LogP contribution in [-0.4, -0.2) is 54.4 Å². The minimum atomic E-state index is -0.482. The van der Waals surface area contributed by atoms with Gasteiger partial charge in [-0.05, 0) is 24.7 Å². The van der Waals surface area contributed by atoms with Crippen molar-refractivity contribution in [2.45, 2.75) is 18.6 Å². The molecule has 1 aromatic carbocycles. The first-order valence-electron chi connectivity index (χ1n) is 7.11. The van der Waals surface area contributed by atoms with E-state index in [0.717, 1.165) is 41.5 Å². The summed E-state index contributed by atoms with van der Waals surface area (Å²) in [5, 5.41) is 10.6. The van der Waals surface area contributed by atoms with Crippen LogP contribution < -0.4 is 9.47 Å². The lowest BCUT2D eigenvalue weighted by atomic mass is 10.0. The van der Waals surface area contributed by atoms with Crippen LogP contribution >= 0.6 is 11.8 Å². The van der Waals surface area contributed by atoms with Gasteiger partial charge in [0.25, 0.3) is 0 Å². The van der Waals surface area contributed by atoms with Gasteiger partial charge in [0.2, 0.25) is 0 Å². The van der Waals surface area contributed by atoms with Crippen molar-refractivity contribution in [1.82, 2.24) is 4.90 Å². The van der Waals surface area contributed by atoms with E-state index >= 15 is 0 Å². The Morgan fingerprint density at radius 3 is 2.90 bits per heavy atom. The fraction of sp³-hybridized carbons (Fsp3) is 0.600. The molecule has 0 radical (unpaired) electrons. The number of hydrogen-bond donors (Lipinski definition) is 1. The molecule has 1 N–H and O–H groups in total. The number of benzene rings is 1. The first-order valence-corrected chi connectivity index (χ1v) is 8.27. The van der Waals surface area contributed by atoms with Gasteiger partial charge >= 0.3 is 0 Å². The predicted octanol–water partition coefficient (Wildman–Crippen LogP) is 1.93.